The molecule has 3 amide bonds. The van der Waals surface area contributed by atoms with Crippen LogP contribution >= 0.6 is 11.6 Å². The van der Waals surface area contributed by atoms with Gasteiger partial charge in [0, 0.05) is 29.1 Å². The highest BCUT2D eigenvalue weighted by Crippen LogP contribution is 2.46. The van der Waals surface area contributed by atoms with Crippen LogP contribution in [0.25, 0.3) is 0 Å². The Labute approximate surface area is 185 Å². The lowest BCUT2D eigenvalue weighted by atomic mass is 9.66. The van der Waals surface area contributed by atoms with Crippen molar-refractivity contribution in [3.63, 3.8) is 0 Å². The van der Waals surface area contributed by atoms with E-state index in [1.54, 1.807) is 17.0 Å². The van der Waals surface area contributed by atoms with Crippen molar-refractivity contribution in [1.82, 2.24) is 15.5 Å². The molecular weight excluding hydrogens is 402 g/mol. The van der Waals surface area contributed by atoms with E-state index in [-0.39, 0.29) is 17.9 Å². The van der Waals surface area contributed by atoms with Crippen LogP contribution in [0.4, 0.5) is 4.79 Å². The van der Waals surface area contributed by atoms with Crippen molar-refractivity contribution in [2.45, 2.75) is 72.1 Å². The van der Waals surface area contributed by atoms with Gasteiger partial charge in [-0.15, -0.1) is 0 Å². The topological polar surface area (TPSA) is 81.7 Å². The Morgan fingerprint density at radius 2 is 1.73 bits per heavy atom. The van der Waals surface area contributed by atoms with E-state index in [2.05, 4.69) is 10.6 Å². The lowest BCUT2D eigenvalue weighted by Crippen LogP contribution is -2.61. The Kier molecular flexibility index (Phi) is 7.14. The van der Waals surface area contributed by atoms with Crippen molar-refractivity contribution >= 4 is 23.5 Å². The first-order valence-corrected chi connectivity index (χ1v) is 10.9. The molecule has 0 radical (unpaired) electrons. The number of likely N-dealkylation sites (tertiary alicyclic amines) is 1. The van der Waals surface area contributed by atoms with Gasteiger partial charge in [0.2, 0.25) is 5.91 Å². The molecule has 1 aromatic carbocycles. The molecule has 1 heterocycles. The third kappa shape index (κ3) is 5.46. The minimum absolute atomic E-state index is 0.0663. The molecule has 1 aliphatic heterocycles. The molecule has 1 aliphatic rings. The van der Waals surface area contributed by atoms with Gasteiger partial charge in [-0.3, -0.25) is 4.79 Å². The molecule has 0 saturated carbocycles. The maximum Gasteiger partial charge on any atom is 0.315 e. The Morgan fingerprint density at radius 1 is 1.17 bits per heavy atom. The summed E-state index contributed by atoms with van der Waals surface area (Å²) < 4.78 is 0. The van der Waals surface area contributed by atoms with E-state index in [1.165, 1.54) is 0 Å². The smallest absolute Gasteiger partial charge is 0.315 e. The fraction of sp³-hybridized carbons (Fsp3) is 0.652. The molecule has 0 spiro atoms. The SMILES string of the molecule is CC(C)[C@@H](NC(=O)NC(C)(C)C)C(=O)N1CC[C@](O)(c2ccc(Cl)cc2)C(C)(C)C1. The van der Waals surface area contributed by atoms with Crippen LogP contribution in [0.3, 0.4) is 0 Å². The van der Waals surface area contributed by atoms with E-state index < -0.39 is 22.6 Å². The second kappa shape index (κ2) is 8.75. The summed E-state index contributed by atoms with van der Waals surface area (Å²) >= 11 is 6.00. The van der Waals surface area contributed by atoms with Gasteiger partial charge in [-0.25, -0.2) is 4.79 Å². The zero-order valence-electron chi connectivity index (χ0n) is 19.2. The van der Waals surface area contributed by atoms with E-state index in [9.17, 15) is 14.7 Å². The van der Waals surface area contributed by atoms with Gasteiger partial charge in [-0.1, -0.05) is 51.4 Å². The maximum atomic E-state index is 13.3. The van der Waals surface area contributed by atoms with Crippen LogP contribution in [0, 0.1) is 11.3 Å². The van der Waals surface area contributed by atoms with Gasteiger partial charge in [0.05, 0.1) is 5.60 Å². The minimum Gasteiger partial charge on any atom is -0.384 e. The number of urea groups is 1. The van der Waals surface area contributed by atoms with Gasteiger partial charge < -0.3 is 20.6 Å². The normalized spacial score (nSPS) is 22.5. The Balaban J connectivity index is 2.17. The zero-order chi connectivity index (χ0) is 22.9. The number of rotatable bonds is 4. The van der Waals surface area contributed by atoms with Gasteiger partial charge >= 0.3 is 6.03 Å². The summed E-state index contributed by atoms with van der Waals surface area (Å²) in [5.41, 5.74) is -1.24. The molecule has 168 valence electrons. The Morgan fingerprint density at radius 3 is 2.20 bits per heavy atom. The van der Waals surface area contributed by atoms with Crippen molar-refractivity contribution < 1.29 is 14.7 Å². The summed E-state index contributed by atoms with van der Waals surface area (Å²) in [6.07, 6.45) is 0.409. The highest BCUT2D eigenvalue weighted by molar-refractivity contribution is 6.30. The van der Waals surface area contributed by atoms with Crippen LogP contribution in [-0.4, -0.2) is 46.6 Å². The number of benzene rings is 1. The van der Waals surface area contributed by atoms with Crippen LogP contribution < -0.4 is 10.6 Å². The molecule has 7 heteroatoms. The standard InChI is InChI=1S/C23H36ClN3O3/c1-15(2)18(25-20(29)26-21(3,4)5)19(28)27-13-12-23(30,22(6,7)14-27)16-8-10-17(24)11-9-16/h8-11,15,18,30H,12-14H2,1-7H3,(H2,25,26,29)/t18-,23+/m1/s1. The van der Waals surface area contributed by atoms with E-state index in [0.717, 1.165) is 5.56 Å². The number of hydrogen-bond acceptors (Lipinski definition) is 3. The van der Waals surface area contributed by atoms with Gasteiger partial charge in [-0.2, -0.15) is 0 Å². The number of hydrogen-bond donors (Lipinski definition) is 3. The van der Waals surface area contributed by atoms with Gasteiger partial charge in [0.1, 0.15) is 6.04 Å². The van der Waals surface area contributed by atoms with E-state index in [4.69, 9.17) is 11.6 Å². The van der Waals surface area contributed by atoms with Crippen molar-refractivity contribution in [3.8, 4) is 0 Å². The van der Waals surface area contributed by atoms with Crippen LogP contribution in [0.5, 0.6) is 0 Å². The number of piperidine rings is 1. The molecule has 1 fully saturated rings. The molecule has 0 aliphatic carbocycles. The molecule has 30 heavy (non-hydrogen) atoms. The summed E-state index contributed by atoms with van der Waals surface area (Å²) in [5, 5.41) is 17.8. The molecule has 0 bridgehead atoms. The fourth-order valence-corrected chi connectivity index (χ4v) is 4.13. The van der Waals surface area contributed by atoms with E-state index in [0.29, 0.717) is 24.5 Å². The second-order valence-corrected chi connectivity index (χ2v) is 10.8. The van der Waals surface area contributed by atoms with Crippen molar-refractivity contribution in [2.75, 3.05) is 13.1 Å². The number of halogens is 1. The number of carbonyl (C=O) groups is 2. The first-order valence-electron chi connectivity index (χ1n) is 10.5. The molecule has 6 nitrogen and oxygen atoms in total. The minimum atomic E-state index is -1.07. The third-order valence-corrected chi connectivity index (χ3v) is 6.04. The summed E-state index contributed by atoms with van der Waals surface area (Å²) in [6, 6.07) is 6.24. The second-order valence-electron chi connectivity index (χ2n) is 10.3. The molecular formula is C23H36ClN3O3. The third-order valence-electron chi connectivity index (χ3n) is 5.79. The van der Waals surface area contributed by atoms with Crippen LogP contribution in [0.1, 0.15) is 60.5 Å². The Hall–Kier alpha value is -1.79. The molecule has 1 saturated heterocycles. The number of nitrogens with one attached hydrogen (secondary N) is 2. The molecule has 2 rings (SSSR count). The predicted molar refractivity (Wildman–Crippen MR) is 120 cm³/mol. The van der Waals surface area contributed by atoms with Gasteiger partial charge in [-0.05, 0) is 50.8 Å². The maximum absolute atomic E-state index is 13.3. The molecule has 0 unspecified atom stereocenters. The zero-order valence-corrected chi connectivity index (χ0v) is 19.9. The Bertz CT molecular complexity index is 771. The van der Waals surface area contributed by atoms with Crippen molar-refractivity contribution in [2.24, 2.45) is 11.3 Å². The molecule has 3 N–H and O–H groups in total. The lowest BCUT2D eigenvalue weighted by Gasteiger charge is -2.51. The molecule has 0 aromatic heterocycles. The van der Waals surface area contributed by atoms with Crippen LogP contribution in [-0.2, 0) is 10.4 Å². The summed E-state index contributed by atoms with van der Waals surface area (Å²) in [5.74, 6) is -0.191. The number of nitrogens with zero attached hydrogens (tertiary/aromatic N) is 1. The first kappa shape index (κ1) is 24.5. The highest BCUT2D eigenvalue weighted by atomic mass is 35.5. The quantitative estimate of drug-likeness (QED) is 0.667. The van der Waals surface area contributed by atoms with Crippen molar-refractivity contribution in [3.05, 3.63) is 34.9 Å². The lowest BCUT2D eigenvalue weighted by molar-refractivity contribution is -0.155. The predicted octanol–water partition coefficient (Wildman–Crippen LogP) is 3.91. The largest absolute Gasteiger partial charge is 0.384 e. The van der Waals surface area contributed by atoms with E-state index >= 15 is 0 Å². The average Bonchev–Trinajstić information content (AvgIpc) is 2.60. The number of carbonyl (C=O) groups excluding carboxylic acids is 2. The monoisotopic (exact) mass is 437 g/mol. The highest BCUT2D eigenvalue weighted by Gasteiger charge is 2.50. The molecule has 1 aromatic rings. The summed E-state index contributed by atoms with van der Waals surface area (Å²) in [7, 11) is 0. The fourth-order valence-electron chi connectivity index (χ4n) is 4.00. The number of amides is 3. The summed E-state index contributed by atoms with van der Waals surface area (Å²) in [4.78, 5) is 27.4. The molecule has 2 atom stereocenters. The average molecular weight is 438 g/mol. The first-order chi connectivity index (χ1) is 13.7. The van der Waals surface area contributed by atoms with E-state index in [1.807, 2.05) is 60.6 Å². The van der Waals surface area contributed by atoms with Gasteiger partial charge in [0.15, 0.2) is 0 Å². The van der Waals surface area contributed by atoms with Crippen LogP contribution in [0.15, 0.2) is 24.3 Å². The van der Waals surface area contributed by atoms with Crippen LogP contribution in [0.2, 0.25) is 5.02 Å². The van der Waals surface area contributed by atoms with Gasteiger partial charge in [0.25, 0.3) is 0 Å². The van der Waals surface area contributed by atoms with Crippen molar-refractivity contribution in [1.29, 1.82) is 0 Å². The summed E-state index contributed by atoms with van der Waals surface area (Å²) in [6.45, 7) is 14.2. The number of aliphatic hydroxyl groups is 1.